The molecular weight excluding hydrogens is 378 g/mol. The van der Waals surface area contributed by atoms with Gasteiger partial charge in [0.05, 0.1) is 17.4 Å². The number of esters is 1. The zero-order valence-corrected chi connectivity index (χ0v) is 16.5. The molecule has 3 rings (SSSR count). The second-order valence-corrected chi connectivity index (χ2v) is 8.22. The van der Waals surface area contributed by atoms with Crippen LogP contribution in [0.3, 0.4) is 0 Å². The molecule has 0 saturated heterocycles. The molecule has 0 saturated carbocycles. The third-order valence-electron chi connectivity index (χ3n) is 4.81. The van der Waals surface area contributed by atoms with Gasteiger partial charge in [0.15, 0.2) is 11.3 Å². The van der Waals surface area contributed by atoms with Gasteiger partial charge in [-0.15, -0.1) is 6.58 Å². The van der Waals surface area contributed by atoms with Gasteiger partial charge in [-0.25, -0.2) is 13.2 Å². The molecule has 146 valence electrons. The van der Waals surface area contributed by atoms with Crippen LogP contribution >= 0.6 is 0 Å². The number of aryl methyl sites for hydroxylation is 1. The highest BCUT2D eigenvalue weighted by atomic mass is 32.2. The van der Waals surface area contributed by atoms with E-state index in [0.717, 1.165) is 5.56 Å². The maximum atomic E-state index is 13.3. The molecule has 1 heterocycles. The number of rotatable bonds is 6. The molecule has 2 atom stereocenters. The molecule has 6 nitrogen and oxygen atoms in total. The molecule has 0 spiro atoms. The number of ether oxygens (including phenoxy) is 1. The zero-order chi connectivity index (χ0) is 20.5. The average molecular weight is 399 g/mol. The van der Waals surface area contributed by atoms with E-state index in [1.165, 1.54) is 18.2 Å². The van der Waals surface area contributed by atoms with E-state index in [4.69, 9.17) is 4.74 Å². The molecule has 0 unspecified atom stereocenters. The maximum Gasteiger partial charge on any atom is 0.333 e. The van der Waals surface area contributed by atoms with E-state index in [9.17, 15) is 18.0 Å². The van der Waals surface area contributed by atoms with Crippen LogP contribution in [0, 0.1) is 12.8 Å². The Hall–Kier alpha value is -2.77. The van der Waals surface area contributed by atoms with Crippen molar-refractivity contribution in [3.8, 4) is 0 Å². The highest BCUT2D eigenvalue weighted by Gasteiger charge is 2.59. The molecular formula is C21H21NO5S. The van der Waals surface area contributed by atoms with Crippen molar-refractivity contribution in [1.29, 1.82) is 0 Å². The highest BCUT2D eigenvalue weighted by Crippen LogP contribution is 2.43. The fourth-order valence-corrected chi connectivity index (χ4v) is 5.11. The van der Waals surface area contributed by atoms with Crippen LogP contribution in [0.25, 0.3) is 0 Å². The number of carbonyl (C=O) groups excluding carboxylic acids is 2. The number of carbonyl (C=O) groups is 2. The third-order valence-corrected chi connectivity index (χ3v) is 6.34. The molecule has 1 N–H and O–H groups in total. The summed E-state index contributed by atoms with van der Waals surface area (Å²) in [6.07, 6.45) is 1.30. The number of sulfonamides is 1. The molecule has 1 aliphatic rings. The number of hydrogen-bond acceptors (Lipinski definition) is 5. The number of Topliss-reactive ketones (excluding diaryl/α,β-unsaturated/α-hetero) is 1. The van der Waals surface area contributed by atoms with Gasteiger partial charge in [0.25, 0.3) is 0 Å². The fourth-order valence-electron chi connectivity index (χ4n) is 3.48. The summed E-state index contributed by atoms with van der Waals surface area (Å²) < 4.78 is 33.1. The molecule has 2 aromatic rings. The van der Waals surface area contributed by atoms with E-state index in [1.54, 1.807) is 43.3 Å². The lowest BCUT2D eigenvalue weighted by Gasteiger charge is -2.32. The van der Waals surface area contributed by atoms with Crippen LogP contribution < -0.4 is 4.72 Å². The fraction of sp³-hybridized carbons (Fsp3) is 0.238. The number of hydrogen-bond donors (Lipinski definition) is 1. The van der Waals surface area contributed by atoms with Gasteiger partial charge < -0.3 is 4.74 Å². The SMILES string of the molecule is C=C[C@@H](C(=O)c1ccc(C)cc1)[C@@]1(C(=O)OCC)NS(=O)(=O)c2ccccc21. The van der Waals surface area contributed by atoms with Gasteiger partial charge in [0, 0.05) is 11.1 Å². The Bertz CT molecular complexity index is 1040. The van der Waals surface area contributed by atoms with Gasteiger partial charge in [-0.2, -0.15) is 4.72 Å². The quantitative estimate of drug-likeness (QED) is 0.458. The Balaban J connectivity index is 2.23. The summed E-state index contributed by atoms with van der Waals surface area (Å²) >= 11 is 0. The molecule has 0 fully saturated rings. The molecule has 0 aliphatic carbocycles. The first-order chi connectivity index (χ1) is 13.3. The van der Waals surface area contributed by atoms with Crippen molar-refractivity contribution in [2.45, 2.75) is 24.3 Å². The summed E-state index contributed by atoms with van der Waals surface area (Å²) in [6, 6.07) is 12.9. The van der Waals surface area contributed by atoms with Crippen molar-refractivity contribution in [2.24, 2.45) is 5.92 Å². The predicted molar refractivity (Wildman–Crippen MR) is 104 cm³/mol. The monoisotopic (exact) mass is 399 g/mol. The Morgan fingerprint density at radius 3 is 2.43 bits per heavy atom. The largest absolute Gasteiger partial charge is 0.464 e. The van der Waals surface area contributed by atoms with E-state index in [0.29, 0.717) is 5.56 Å². The summed E-state index contributed by atoms with van der Waals surface area (Å²) in [5.41, 5.74) is -0.407. The molecule has 0 amide bonds. The smallest absolute Gasteiger partial charge is 0.333 e. The van der Waals surface area contributed by atoms with Crippen LogP contribution in [0.5, 0.6) is 0 Å². The van der Waals surface area contributed by atoms with Crippen LogP contribution in [-0.2, 0) is 25.1 Å². The van der Waals surface area contributed by atoms with E-state index in [1.807, 2.05) is 6.92 Å². The van der Waals surface area contributed by atoms with Crippen LogP contribution in [0.2, 0.25) is 0 Å². The van der Waals surface area contributed by atoms with E-state index in [-0.39, 0.29) is 17.1 Å². The van der Waals surface area contributed by atoms with Crippen LogP contribution in [0.1, 0.15) is 28.4 Å². The van der Waals surface area contributed by atoms with Gasteiger partial charge in [0.2, 0.25) is 10.0 Å². The second-order valence-electron chi connectivity index (χ2n) is 6.57. The van der Waals surface area contributed by atoms with Gasteiger partial charge in [0.1, 0.15) is 0 Å². The summed E-state index contributed by atoms with van der Waals surface area (Å²) in [6.45, 7) is 7.26. The van der Waals surface area contributed by atoms with Crippen molar-refractivity contribution in [2.75, 3.05) is 6.61 Å². The first-order valence-corrected chi connectivity index (χ1v) is 10.3. The summed E-state index contributed by atoms with van der Waals surface area (Å²) in [7, 11) is -4.00. The minimum Gasteiger partial charge on any atom is -0.464 e. The van der Waals surface area contributed by atoms with Crippen molar-refractivity contribution in [3.05, 3.63) is 77.9 Å². The van der Waals surface area contributed by atoms with Crippen molar-refractivity contribution >= 4 is 21.8 Å². The standard InChI is InChI=1S/C21H21NO5S/c1-4-16(19(23)15-12-10-14(3)11-13-15)21(20(24)27-5-2)17-8-6-7-9-18(17)28(25,26)22-21/h4,6-13,16,22H,1,5H2,2-3H3/t16-,21+/m0/s1. The first-order valence-electron chi connectivity index (χ1n) is 8.82. The highest BCUT2D eigenvalue weighted by molar-refractivity contribution is 7.90. The molecule has 28 heavy (non-hydrogen) atoms. The molecule has 0 radical (unpaired) electrons. The number of fused-ring (bicyclic) bond motifs is 1. The lowest BCUT2D eigenvalue weighted by Crippen LogP contribution is -2.55. The van der Waals surface area contributed by atoms with Gasteiger partial charge in [-0.3, -0.25) is 4.79 Å². The normalized spacial score (nSPS) is 20.8. The van der Waals surface area contributed by atoms with E-state index >= 15 is 0 Å². The lowest BCUT2D eigenvalue weighted by molar-refractivity contribution is -0.152. The topological polar surface area (TPSA) is 89.5 Å². The third kappa shape index (κ3) is 3.06. The van der Waals surface area contributed by atoms with Crippen molar-refractivity contribution in [3.63, 3.8) is 0 Å². The number of ketones is 1. The van der Waals surface area contributed by atoms with Gasteiger partial charge in [-0.05, 0) is 19.9 Å². The Kier molecular flexibility index (Phi) is 5.23. The van der Waals surface area contributed by atoms with Gasteiger partial charge >= 0.3 is 5.97 Å². The van der Waals surface area contributed by atoms with E-state index in [2.05, 4.69) is 11.3 Å². The Labute approximate surface area is 164 Å². The number of nitrogens with one attached hydrogen (secondary N) is 1. The minimum atomic E-state index is -4.00. The molecule has 7 heteroatoms. The second kappa shape index (κ2) is 7.33. The van der Waals surface area contributed by atoms with Crippen LogP contribution in [0.4, 0.5) is 0 Å². The zero-order valence-electron chi connectivity index (χ0n) is 15.6. The van der Waals surface area contributed by atoms with Crippen molar-refractivity contribution in [1.82, 2.24) is 4.72 Å². The molecule has 0 aromatic heterocycles. The Morgan fingerprint density at radius 2 is 1.82 bits per heavy atom. The van der Waals surface area contributed by atoms with Crippen LogP contribution in [-0.4, -0.2) is 26.8 Å². The first kappa shape index (κ1) is 20.0. The minimum absolute atomic E-state index is 0.0348. The van der Waals surface area contributed by atoms with Crippen molar-refractivity contribution < 1.29 is 22.7 Å². The van der Waals surface area contributed by atoms with Crippen LogP contribution in [0.15, 0.2) is 66.1 Å². The molecule has 1 aliphatic heterocycles. The lowest BCUT2D eigenvalue weighted by atomic mass is 9.75. The van der Waals surface area contributed by atoms with E-state index < -0.39 is 33.2 Å². The van der Waals surface area contributed by atoms with Gasteiger partial charge in [-0.1, -0.05) is 54.1 Å². The maximum absolute atomic E-state index is 13.3. The Morgan fingerprint density at radius 1 is 1.18 bits per heavy atom. The molecule has 0 bridgehead atoms. The molecule has 2 aromatic carbocycles. The summed E-state index contributed by atoms with van der Waals surface area (Å²) in [4.78, 5) is 26.3. The predicted octanol–water partition coefficient (Wildman–Crippen LogP) is 2.73. The summed E-state index contributed by atoms with van der Waals surface area (Å²) in [5.74, 6) is -2.45. The summed E-state index contributed by atoms with van der Waals surface area (Å²) in [5, 5.41) is 0. The average Bonchev–Trinajstić information content (AvgIpc) is 2.92. The number of benzene rings is 2.